The minimum Gasteiger partial charge on any atom is -0.378 e. The number of hydrogen-bond acceptors (Lipinski definition) is 4. The van der Waals surface area contributed by atoms with E-state index in [4.69, 9.17) is 8.37 Å². The van der Waals surface area contributed by atoms with Gasteiger partial charge in [-0.3, -0.25) is 0 Å². The summed E-state index contributed by atoms with van der Waals surface area (Å²) in [6.07, 6.45) is 11.6. The predicted octanol–water partition coefficient (Wildman–Crippen LogP) is 6.76. The first kappa shape index (κ1) is 25.7. The van der Waals surface area contributed by atoms with Gasteiger partial charge in [-0.1, -0.05) is 50.8 Å². The second-order valence-corrected chi connectivity index (χ2v) is 13.7. The maximum absolute atomic E-state index is 13.1. The summed E-state index contributed by atoms with van der Waals surface area (Å²) < 4.78 is 38.1. The van der Waals surface area contributed by atoms with Crippen LogP contribution in [-0.4, -0.2) is 38.4 Å². The fourth-order valence-corrected chi connectivity index (χ4v) is 10.1. The fraction of sp³-hybridized carbons (Fsp3) is 0.750. The van der Waals surface area contributed by atoms with Gasteiger partial charge in [0.25, 0.3) is 0 Å². The second kappa shape index (κ2) is 13.1. The van der Waals surface area contributed by atoms with Crippen molar-refractivity contribution < 1.29 is 16.8 Å². The number of ether oxygens (including phenoxy) is 1. The molecule has 6 heteroatoms. The van der Waals surface area contributed by atoms with Crippen LogP contribution in [0.25, 0.3) is 0 Å². The minimum absolute atomic E-state index is 0.284. The molecule has 1 aromatic carbocycles. The van der Waals surface area contributed by atoms with Crippen LogP contribution in [0, 0.1) is 6.92 Å². The Bertz CT molecular complexity index is 696. The van der Waals surface area contributed by atoms with E-state index in [-0.39, 0.29) is 4.90 Å². The van der Waals surface area contributed by atoms with Gasteiger partial charge in [0.2, 0.25) is 0 Å². The number of unbranched alkanes of at least 4 members (excludes halogenated alkanes) is 3. The van der Waals surface area contributed by atoms with Crippen molar-refractivity contribution in [1.29, 1.82) is 0 Å². The van der Waals surface area contributed by atoms with E-state index in [1.54, 1.807) is 12.1 Å². The molecule has 174 valence electrons. The Kier molecular flexibility index (Phi) is 11.2. The third-order valence-electron chi connectivity index (χ3n) is 5.81. The molecule has 1 aliphatic heterocycles. The van der Waals surface area contributed by atoms with E-state index in [1.165, 1.54) is 19.3 Å². The molecular weight excluding hydrogens is 416 g/mol. The van der Waals surface area contributed by atoms with Crippen molar-refractivity contribution in [1.82, 2.24) is 0 Å². The molecule has 0 saturated carbocycles. The first-order valence-electron chi connectivity index (χ1n) is 11.8. The van der Waals surface area contributed by atoms with Crippen LogP contribution in [0.3, 0.4) is 0 Å². The Labute approximate surface area is 186 Å². The summed E-state index contributed by atoms with van der Waals surface area (Å²) in [5.74, 6) is 2.63. The zero-order chi connectivity index (χ0) is 21.9. The molecular formula is C24H42O4S2. The van der Waals surface area contributed by atoms with E-state index in [1.807, 2.05) is 19.1 Å². The van der Waals surface area contributed by atoms with Gasteiger partial charge in [-0.2, -0.15) is 8.42 Å². The number of hydrogen-bond donors (Lipinski definition) is 0. The van der Waals surface area contributed by atoms with Gasteiger partial charge in [0.1, 0.15) is 0 Å². The van der Waals surface area contributed by atoms with Crippen molar-refractivity contribution in [2.45, 2.75) is 96.0 Å². The van der Waals surface area contributed by atoms with E-state index in [0.29, 0.717) is 6.10 Å². The van der Waals surface area contributed by atoms with Gasteiger partial charge >= 0.3 is 10.1 Å². The summed E-state index contributed by atoms with van der Waals surface area (Å²) in [6.45, 7) is 7.17. The molecule has 0 aliphatic carbocycles. The maximum atomic E-state index is 13.1. The van der Waals surface area contributed by atoms with Crippen molar-refractivity contribution in [2.24, 2.45) is 0 Å². The lowest BCUT2D eigenvalue weighted by Crippen LogP contribution is -2.21. The first-order valence-corrected chi connectivity index (χ1v) is 15.3. The Morgan fingerprint density at radius 3 is 2.30 bits per heavy atom. The topological polar surface area (TPSA) is 52.6 Å². The molecule has 2 rings (SSSR count). The predicted molar refractivity (Wildman–Crippen MR) is 129 cm³/mol. The highest BCUT2D eigenvalue weighted by molar-refractivity contribution is 8.33. The molecule has 1 aromatic rings. The number of benzene rings is 1. The summed E-state index contributed by atoms with van der Waals surface area (Å²) in [6, 6.07) is 7.02. The lowest BCUT2D eigenvalue weighted by atomic mass is 10.0. The summed E-state index contributed by atoms with van der Waals surface area (Å²) in [5.41, 5.74) is 1.05. The van der Waals surface area contributed by atoms with Gasteiger partial charge < -0.3 is 4.74 Å². The van der Waals surface area contributed by atoms with Crippen molar-refractivity contribution in [3.05, 3.63) is 29.8 Å². The zero-order valence-corrected chi connectivity index (χ0v) is 20.9. The fourth-order valence-electron chi connectivity index (χ4n) is 4.07. The quantitative estimate of drug-likeness (QED) is 0.289. The van der Waals surface area contributed by atoms with Crippen molar-refractivity contribution >= 4 is 20.4 Å². The molecule has 1 saturated heterocycles. The summed E-state index contributed by atoms with van der Waals surface area (Å²) >= 11 is 0. The smallest absolute Gasteiger partial charge is 0.306 e. The van der Waals surface area contributed by atoms with Gasteiger partial charge in [0, 0.05) is 23.9 Å². The standard InChI is InChI=1S/C24H42O4S2/c1-4-6-20-29(19-5-2,21-11-7-8-12-23-13-9-10-18-27-23)28-30(25,26)24-16-14-22(3)15-17-24/h14-17,23H,4-13,18-21H2,1-3H3. The van der Waals surface area contributed by atoms with Gasteiger partial charge in [-0.05, 0) is 64.0 Å². The summed E-state index contributed by atoms with van der Waals surface area (Å²) in [7, 11) is -5.38. The van der Waals surface area contributed by atoms with E-state index in [2.05, 4.69) is 13.8 Å². The molecule has 1 fully saturated rings. The molecule has 4 nitrogen and oxygen atoms in total. The SMILES string of the molecule is CCCCS(CCC)(CCCCCC1CCCCO1)OS(=O)(=O)c1ccc(C)cc1. The highest BCUT2D eigenvalue weighted by Crippen LogP contribution is 2.53. The molecule has 2 atom stereocenters. The Morgan fingerprint density at radius 1 is 0.933 bits per heavy atom. The van der Waals surface area contributed by atoms with E-state index in [9.17, 15) is 8.42 Å². The molecule has 30 heavy (non-hydrogen) atoms. The van der Waals surface area contributed by atoms with Crippen LogP contribution in [0.15, 0.2) is 29.2 Å². The minimum atomic E-state index is -3.73. The Morgan fingerprint density at radius 2 is 1.67 bits per heavy atom. The van der Waals surface area contributed by atoms with Crippen LogP contribution in [0.1, 0.15) is 83.6 Å². The molecule has 0 spiro atoms. The summed E-state index contributed by atoms with van der Waals surface area (Å²) in [4.78, 5) is 0.284. The monoisotopic (exact) mass is 458 g/mol. The van der Waals surface area contributed by atoms with Crippen LogP contribution in [0.4, 0.5) is 0 Å². The molecule has 1 aliphatic rings. The summed E-state index contributed by atoms with van der Waals surface area (Å²) in [5, 5.41) is 0. The van der Waals surface area contributed by atoms with Crippen LogP contribution in [0.5, 0.6) is 0 Å². The molecule has 1 heterocycles. The maximum Gasteiger partial charge on any atom is 0.306 e. The average Bonchev–Trinajstić information content (AvgIpc) is 2.73. The van der Waals surface area contributed by atoms with Crippen LogP contribution in [-0.2, 0) is 18.5 Å². The van der Waals surface area contributed by atoms with E-state index in [0.717, 1.165) is 74.4 Å². The van der Waals surface area contributed by atoms with Crippen molar-refractivity contribution in [2.75, 3.05) is 23.9 Å². The zero-order valence-electron chi connectivity index (χ0n) is 19.2. The lowest BCUT2D eigenvalue weighted by Gasteiger charge is -2.38. The van der Waals surface area contributed by atoms with Crippen LogP contribution < -0.4 is 0 Å². The average molecular weight is 459 g/mol. The molecule has 0 N–H and O–H groups in total. The lowest BCUT2D eigenvalue weighted by molar-refractivity contribution is 0.00985. The van der Waals surface area contributed by atoms with Crippen LogP contribution >= 0.6 is 10.3 Å². The van der Waals surface area contributed by atoms with Crippen molar-refractivity contribution in [3.63, 3.8) is 0 Å². The second-order valence-electron chi connectivity index (χ2n) is 8.60. The first-order chi connectivity index (χ1) is 14.4. The molecule has 2 unspecified atom stereocenters. The Balaban J connectivity index is 1.99. The third-order valence-corrected chi connectivity index (χ3v) is 11.7. The highest BCUT2D eigenvalue weighted by Gasteiger charge is 2.31. The Hall–Kier alpha value is -0.560. The van der Waals surface area contributed by atoms with Gasteiger partial charge in [0.15, 0.2) is 0 Å². The van der Waals surface area contributed by atoms with Crippen molar-refractivity contribution in [3.8, 4) is 0 Å². The number of rotatable bonds is 14. The van der Waals surface area contributed by atoms with E-state index >= 15 is 0 Å². The number of aryl methyl sites for hydroxylation is 1. The molecule has 0 bridgehead atoms. The van der Waals surface area contributed by atoms with Crippen LogP contribution in [0.2, 0.25) is 0 Å². The highest BCUT2D eigenvalue weighted by atomic mass is 32.3. The normalized spacial score (nSPS) is 20.6. The third kappa shape index (κ3) is 8.52. The molecule has 0 amide bonds. The van der Waals surface area contributed by atoms with E-state index < -0.39 is 20.4 Å². The molecule has 0 radical (unpaired) electrons. The largest absolute Gasteiger partial charge is 0.378 e. The molecule has 0 aromatic heterocycles. The van der Waals surface area contributed by atoms with Gasteiger partial charge in [-0.15, -0.1) is 10.3 Å². The van der Waals surface area contributed by atoms with Gasteiger partial charge in [0.05, 0.1) is 11.0 Å². The van der Waals surface area contributed by atoms with Gasteiger partial charge in [-0.25, -0.2) is 3.63 Å².